The Morgan fingerprint density at radius 3 is 3.00 bits per heavy atom. The molecule has 102 valence electrons. The topological polar surface area (TPSA) is 78.8 Å². The molecule has 2 N–H and O–H groups in total. The van der Waals surface area contributed by atoms with Gasteiger partial charge in [-0.3, -0.25) is 0 Å². The first-order valence-electron chi connectivity index (χ1n) is 6.94. The molecule has 2 aromatic rings. The molecule has 1 aliphatic rings. The van der Waals surface area contributed by atoms with E-state index in [1.165, 1.54) is 0 Å². The molecule has 1 aromatic carbocycles. The summed E-state index contributed by atoms with van der Waals surface area (Å²) in [5.41, 5.74) is 7.95. The highest BCUT2D eigenvalue weighted by Crippen LogP contribution is 2.31. The Morgan fingerprint density at radius 2 is 2.20 bits per heavy atom. The van der Waals surface area contributed by atoms with E-state index in [2.05, 4.69) is 21.2 Å². The predicted molar refractivity (Wildman–Crippen MR) is 78.2 cm³/mol. The van der Waals surface area contributed by atoms with Crippen LogP contribution in [0.1, 0.15) is 18.5 Å². The molecule has 1 fully saturated rings. The zero-order valence-corrected chi connectivity index (χ0v) is 11.3. The van der Waals surface area contributed by atoms with Crippen molar-refractivity contribution in [1.29, 1.82) is 5.26 Å². The minimum atomic E-state index is 0.404. The van der Waals surface area contributed by atoms with Crippen molar-refractivity contribution in [2.45, 2.75) is 12.8 Å². The van der Waals surface area contributed by atoms with E-state index in [0.29, 0.717) is 18.2 Å². The normalized spacial score (nSPS) is 19.0. The maximum absolute atomic E-state index is 9.33. The fourth-order valence-corrected chi connectivity index (χ4v) is 2.90. The van der Waals surface area contributed by atoms with Crippen molar-refractivity contribution < 1.29 is 0 Å². The predicted octanol–water partition coefficient (Wildman–Crippen LogP) is 1.68. The summed E-state index contributed by atoms with van der Waals surface area (Å²) in [6, 6.07) is 10.0. The molecule has 0 aliphatic carbocycles. The summed E-state index contributed by atoms with van der Waals surface area (Å²) in [6.07, 6.45) is 2.26. The van der Waals surface area contributed by atoms with Gasteiger partial charge in [0.15, 0.2) is 5.69 Å². The van der Waals surface area contributed by atoms with Crippen LogP contribution < -0.4 is 10.6 Å². The first-order chi connectivity index (χ1) is 9.83. The van der Waals surface area contributed by atoms with Gasteiger partial charge < -0.3 is 10.6 Å². The van der Waals surface area contributed by atoms with E-state index in [1.807, 2.05) is 24.3 Å². The van der Waals surface area contributed by atoms with Crippen LogP contribution in [0.25, 0.3) is 10.9 Å². The number of fused-ring (bicyclic) bond motifs is 1. The van der Waals surface area contributed by atoms with E-state index < -0.39 is 0 Å². The van der Waals surface area contributed by atoms with Crippen molar-refractivity contribution in [3.05, 3.63) is 30.0 Å². The van der Waals surface area contributed by atoms with E-state index in [0.717, 1.165) is 42.5 Å². The first kappa shape index (κ1) is 12.8. The highest BCUT2D eigenvalue weighted by Gasteiger charge is 2.23. The van der Waals surface area contributed by atoms with Crippen LogP contribution in [0.4, 0.5) is 5.69 Å². The quantitative estimate of drug-likeness (QED) is 0.895. The van der Waals surface area contributed by atoms with Crippen molar-refractivity contribution in [3.8, 4) is 6.07 Å². The number of hydrogen-bond acceptors (Lipinski definition) is 5. The molecule has 5 nitrogen and oxygen atoms in total. The number of anilines is 1. The average molecular weight is 267 g/mol. The second-order valence-electron chi connectivity index (χ2n) is 5.22. The molecule has 3 rings (SSSR count). The molecule has 0 amide bonds. The lowest BCUT2D eigenvalue weighted by Gasteiger charge is -2.34. The Balaban J connectivity index is 2.11. The smallest absolute Gasteiger partial charge is 0.187 e. The number of benzene rings is 1. The number of nitrogens with zero attached hydrogens (tertiary/aromatic N) is 4. The third kappa shape index (κ3) is 2.19. The van der Waals surface area contributed by atoms with Gasteiger partial charge in [0.2, 0.25) is 0 Å². The minimum Gasteiger partial charge on any atom is -0.368 e. The van der Waals surface area contributed by atoms with Gasteiger partial charge in [0.05, 0.1) is 11.2 Å². The average Bonchev–Trinajstić information content (AvgIpc) is 2.53. The van der Waals surface area contributed by atoms with Gasteiger partial charge in [-0.05, 0) is 31.4 Å². The lowest BCUT2D eigenvalue weighted by Crippen LogP contribution is -2.39. The van der Waals surface area contributed by atoms with Crippen LogP contribution in [0.5, 0.6) is 0 Å². The lowest BCUT2D eigenvalue weighted by molar-refractivity contribution is 0.424. The molecule has 0 saturated carbocycles. The zero-order valence-electron chi connectivity index (χ0n) is 11.3. The highest BCUT2D eigenvalue weighted by molar-refractivity contribution is 5.93. The van der Waals surface area contributed by atoms with Crippen LogP contribution in [0.3, 0.4) is 0 Å². The molecule has 2 heterocycles. The van der Waals surface area contributed by atoms with Gasteiger partial charge in [-0.15, -0.1) is 10.2 Å². The monoisotopic (exact) mass is 267 g/mol. The molecule has 1 aliphatic heterocycles. The summed E-state index contributed by atoms with van der Waals surface area (Å²) in [5.74, 6) is 0.488. The Kier molecular flexibility index (Phi) is 3.48. The van der Waals surface area contributed by atoms with Crippen LogP contribution in [0.2, 0.25) is 0 Å². The molecule has 1 saturated heterocycles. The summed E-state index contributed by atoms with van der Waals surface area (Å²) < 4.78 is 0. The second kappa shape index (κ2) is 5.43. The zero-order chi connectivity index (χ0) is 13.9. The molecular formula is C15H17N5. The number of nitriles is 1. The van der Waals surface area contributed by atoms with Crippen LogP contribution in [-0.2, 0) is 0 Å². The molecule has 5 heteroatoms. The van der Waals surface area contributed by atoms with E-state index in [4.69, 9.17) is 5.73 Å². The Morgan fingerprint density at radius 1 is 1.35 bits per heavy atom. The molecular weight excluding hydrogens is 250 g/mol. The number of rotatable bonds is 2. The van der Waals surface area contributed by atoms with Crippen molar-refractivity contribution in [1.82, 2.24) is 10.2 Å². The van der Waals surface area contributed by atoms with Crippen molar-refractivity contribution in [2.24, 2.45) is 11.7 Å². The SMILES string of the molecule is N#Cc1nnc2ccccc2c1N1CCCC(CN)C1. The van der Waals surface area contributed by atoms with Crippen molar-refractivity contribution in [3.63, 3.8) is 0 Å². The van der Waals surface area contributed by atoms with Gasteiger partial charge in [0.1, 0.15) is 6.07 Å². The third-order valence-corrected chi connectivity index (χ3v) is 3.92. The summed E-state index contributed by atoms with van der Waals surface area (Å²) in [4.78, 5) is 2.25. The first-order valence-corrected chi connectivity index (χ1v) is 6.94. The fourth-order valence-electron chi connectivity index (χ4n) is 2.90. The van der Waals surface area contributed by atoms with Crippen molar-refractivity contribution in [2.75, 3.05) is 24.5 Å². The van der Waals surface area contributed by atoms with E-state index in [9.17, 15) is 5.26 Å². The third-order valence-electron chi connectivity index (χ3n) is 3.92. The molecule has 20 heavy (non-hydrogen) atoms. The summed E-state index contributed by atoms with van der Waals surface area (Å²) >= 11 is 0. The van der Waals surface area contributed by atoms with Gasteiger partial charge in [-0.1, -0.05) is 18.2 Å². The Hall–Kier alpha value is -2.19. The standard InChI is InChI=1S/C15H17N5/c16-8-11-4-3-7-20(10-11)15-12-5-1-2-6-13(12)18-19-14(15)9-17/h1-2,5-6,11H,3-4,7-8,10,16H2. The maximum atomic E-state index is 9.33. The van der Waals surface area contributed by atoms with Gasteiger partial charge in [0.25, 0.3) is 0 Å². The van der Waals surface area contributed by atoms with E-state index >= 15 is 0 Å². The fraction of sp³-hybridized carbons (Fsp3) is 0.400. The highest BCUT2D eigenvalue weighted by atomic mass is 15.2. The molecule has 1 atom stereocenters. The summed E-state index contributed by atoms with van der Waals surface area (Å²) in [7, 11) is 0. The molecule has 0 bridgehead atoms. The van der Waals surface area contributed by atoms with E-state index in [-0.39, 0.29) is 0 Å². The molecule has 1 unspecified atom stereocenters. The van der Waals surface area contributed by atoms with E-state index in [1.54, 1.807) is 0 Å². The summed E-state index contributed by atoms with van der Waals surface area (Å²) in [5, 5.41) is 18.5. The largest absolute Gasteiger partial charge is 0.368 e. The van der Waals surface area contributed by atoms with Crippen LogP contribution in [-0.4, -0.2) is 29.8 Å². The lowest BCUT2D eigenvalue weighted by atomic mass is 9.97. The molecule has 1 aromatic heterocycles. The number of nitrogens with two attached hydrogens (primary N) is 1. The van der Waals surface area contributed by atoms with Crippen LogP contribution in [0, 0.1) is 17.2 Å². The molecule has 0 radical (unpaired) electrons. The number of aromatic nitrogens is 2. The van der Waals surface area contributed by atoms with Gasteiger partial charge in [0, 0.05) is 18.5 Å². The molecule has 0 spiro atoms. The number of hydrogen-bond donors (Lipinski definition) is 1. The van der Waals surface area contributed by atoms with Gasteiger partial charge in [-0.2, -0.15) is 5.26 Å². The van der Waals surface area contributed by atoms with Crippen LogP contribution in [0.15, 0.2) is 24.3 Å². The second-order valence-corrected chi connectivity index (χ2v) is 5.22. The van der Waals surface area contributed by atoms with Crippen LogP contribution >= 0.6 is 0 Å². The summed E-state index contributed by atoms with van der Waals surface area (Å²) in [6.45, 7) is 2.52. The van der Waals surface area contributed by atoms with Crippen molar-refractivity contribution >= 4 is 16.6 Å². The van der Waals surface area contributed by atoms with Gasteiger partial charge in [-0.25, -0.2) is 0 Å². The minimum absolute atomic E-state index is 0.404. The number of piperidine rings is 1. The Bertz CT molecular complexity index is 661. The maximum Gasteiger partial charge on any atom is 0.187 e. The Labute approximate surface area is 118 Å². The van der Waals surface area contributed by atoms with Gasteiger partial charge >= 0.3 is 0 Å².